The molecule has 1 heterocycles. The maximum Gasteiger partial charge on any atom is 0.326 e. The van der Waals surface area contributed by atoms with Gasteiger partial charge in [0, 0.05) is 50.4 Å². The van der Waals surface area contributed by atoms with Gasteiger partial charge >= 0.3 is 5.97 Å². The first-order valence-electron chi connectivity index (χ1n) is 11.1. The molecule has 2 aromatic carbocycles. The molecule has 0 aliphatic heterocycles. The molecule has 3 aromatic rings. The van der Waals surface area contributed by atoms with Crippen molar-refractivity contribution in [2.24, 2.45) is 12.8 Å². The first-order valence-corrected chi connectivity index (χ1v) is 12.2. The monoisotopic (exact) mass is 523 g/mol. The van der Waals surface area contributed by atoms with Crippen LogP contribution in [0.5, 0.6) is 0 Å². The number of nitrogens with two attached hydrogens (primary N) is 1. The molecule has 0 aliphatic rings. The van der Waals surface area contributed by atoms with E-state index in [2.05, 4.69) is 15.2 Å². The van der Waals surface area contributed by atoms with Crippen molar-refractivity contribution in [3.63, 3.8) is 0 Å². The van der Waals surface area contributed by atoms with Gasteiger partial charge in [0.2, 0.25) is 5.91 Å². The van der Waals surface area contributed by atoms with E-state index in [1.165, 1.54) is 24.3 Å². The number of halogens is 3. The SMILES string of the molecule is Cn1c(C[C@H](N)C(=O)N[C@@H](Cc2ccc(F)cc2)C(=O)O)nc2cc(N(CCCl)CCCl)ccc21. The summed E-state index contributed by atoms with van der Waals surface area (Å²) < 4.78 is 15.0. The number of fused-ring (bicyclic) bond motifs is 1. The van der Waals surface area contributed by atoms with E-state index in [9.17, 15) is 19.1 Å². The standard InChI is InChI=1S/C24H28Cl2FN5O3/c1-31-21-7-6-17(32(10-8-25)11-9-26)13-19(21)29-22(31)14-18(28)23(33)30-20(24(34)35)12-15-2-4-16(27)5-3-15/h2-7,13,18,20H,8-12,14,28H2,1H3,(H,30,33)(H,34,35)/t18-,20-/m0/s1. The predicted octanol–water partition coefficient (Wildman–Crippen LogP) is 2.68. The molecular formula is C24H28Cl2FN5O3. The second-order valence-corrected chi connectivity index (χ2v) is 8.92. The van der Waals surface area contributed by atoms with E-state index in [0.717, 1.165) is 16.7 Å². The van der Waals surface area contributed by atoms with Crippen LogP contribution in [-0.4, -0.2) is 63.5 Å². The normalized spacial score (nSPS) is 12.9. The van der Waals surface area contributed by atoms with Crippen molar-refractivity contribution in [2.75, 3.05) is 29.7 Å². The number of nitrogens with one attached hydrogen (secondary N) is 1. The number of alkyl halides is 2. The minimum absolute atomic E-state index is 0.00421. The molecule has 0 saturated heterocycles. The van der Waals surface area contributed by atoms with Gasteiger partial charge in [0.25, 0.3) is 0 Å². The molecule has 0 saturated carbocycles. The largest absolute Gasteiger partial charge is 0.480 e. The Kier molecular flexibility index (Phi) is 9.31. The summed E-state index contributed by atoms with van der Waals surface area (Å²) in [4.78, 5) is 31.1. The van der Waals surface area contributed by atoms with Crippen molar-refractivity contribution in [2.45, 2.75) is 24.9 Å². The van der Waals surface area contributed by atoms with Crippen LogP contribution in [0.2, 0.25) is 0 Å². The number of carbonyl (C=O) groups is 2. The van der Waals surface area contributed by atoms with Crippen LogP contribution in [0, 0.1) is 5.82 Å². The van der Waals surface area contributed by atoms with Gasteiger partial charge in [-0.1, -0.05) is 12.1 Å². The molecule has 3 rings (SSSR count). The van der Waals surface area contributed by atoms with E-state index in [4.69, 9.17) is 28.9 Å². The van der Waals surface area contributed by atoms with E-state index in [1.807, 2.05) is 29.8 Å². The fourth-order valence-corrected chi connectivity index (χ4v) is 4.22. The second-order valence-electron chi connectivity index (χ2n) is 8.17. The Morgan fingerprint density at radius 1 is 1.14 bits per heavy atom. The highest BCUT2D eigenvalue weighted by Gasteiger charge is 2.25. The molecule has 4 N–H and O–H groups in total. The molecule has 1 aromatic heterocycles. The molecule has 8 nitrogen and oxygen atoms in total. The highest BCUT2D eigenvalue weighted by atomic mass is 35.5. The van der Waals surface area contributed by atoms with Crippen molar-refractivity contribution in [1.29, 1.82) is 0 Å². The highest BCUT2D eigenvalue weighted by Crippen LogP contribution is 2.23. The Bertz CT molecular complexity index is 1170. The van der Waals surface area contributed by atoms with E-state index < -0.39 is 29.8 Å². The van der Waals surface area contributed by atoms with Gasteiger partial charge in [-0.25, -0.2) is 14.2 Å². The zero-order valence-corrected chi connectivity index (χ0v) is 20.8. The summed E-state index contributed by atoms with van der Waals surface area (Å²) in [5, 5.41) is 12.0. The second kappa shape index (κ2) is 12.2. The quantitative estimate of drug-likeness (QED) is 0.314. The summed E-state index contributed by atoms with van der Waals surface area (Å²) in [5.41, 5.74) is 9.24. The fraction of sp³-hybridized carbons (Fsp3) is 0.375. The smallest absolute Gasteiger partial charge is 0.326 e. The van der Waals surface area contributed by atoms with Crippen LogP contribution in [0.25, 0.3) is 11.0 Å². The third-order valence-corrected chi connectivity index (χ3v) is 6.08. The Morgan fingerprint density at radius 3 is 2.40 bits per heavy atom. The topological polar surface area (TPSA) is 113 Å². The lowest BCUT2D eigenvalue weighted by Crippen LogP contribution is -2.50. The van der Waals surface area contributed by atoms with Crippen molar-refractivity contribution >= 4 is 51.8 Å². The first-order chi connectivity index (χ1) is 16.7. The van der Waals surface area contributed by atoms with Crippen LogP contribution in [0.1, 0.15) is 11.4 Å². The number of hydrogen-bond donors (Lipinski definition) is 3. The lowest BCUT2D eigenvalue weighted by Gasteiger charge is -2.22. The van der Waals surface area contributed by atoms with E-state index in [0.29, 0.717) is 36.2 Å². The lowest BCUT2D eigenvalue weighted by atomic mass is 10.1. The van der Waals surface area contributed by atoms with Crippen molar-refractivity contribution < 1.29 is 19.1 Å². The Labute approximate surface area is 212 Å². The third kappa shape index (κ3) is 6.84. The van der Waals surface area contributed by atoms with Gasteiger partial charge in [0.1, 0.15) is 17.7 Å². The number of aryl methyl sites for hydroxylation is 1. The van der Waals surface area contributed by atoms with Crippen molar-refractivity contribution in [3.8, 4) is 0 Å². The third-order valence-electron chi connectivity index (χ3n) is 5.74. The van der Waals surface area contributed by atoms with E-state index in [-0.39, 0.29) is 12.8 Å². The van der Waals surface area contributed by atoms with Gasteiger partial charge in [-0.2, -0.15) is 0 Å². The van der Waals surface area contributed by atoms with Gasteiger partial charge in [-0.15, -0.1) is 23.2 Å². The highest BCUT2D eigenvalue weighted by molar-refractivity contribution is 6.18. The van der Waals surface area contributed by atoms with Gasteiger partial charge in [0.15, 0.2) is 0 Å². The Hall–Kier alpha value is -2.88. The van der Waals surface area contributed by atoms with Crippen LogP contribution in [-0.2, 0) is 29.5 Å². The fourth-order valence-electron chi connectivity index (χ4n) is 3.82. The summed E-state index contributed by atoms with van der Waals surface area (Å²) in [5.74, 6) is -0.722. The van der Waals surface area contributed by atoms with Gasteiger partial charge < -0.3 is 25.6 Å². The Balaban J connectivity index is 1.72. The molecule has 0 bridgehead atoms. The first kappa shape index (κ1) is 26.7. The Morgan fingerprint density at radius 2 is 1.80 bits per heavy atom. The van der Waals surface area contributed by atoms with E-state index in [1.54, 1.807) is 0 Å². The molecule has 0 fully saturated rings. The average Bonchev–Trinajstić information content (AvgIpc) is 3.14. The number of nitrogens with zero attached hydrogens (tertiary/aromatic N) is 3. The molecular weight excluding hydrogens is 496 g/mol. The predicted molar refractivity (Wildman–Crippen MR) is 136 cm³/mol. The van der Waals surface area contributed by atoms with Crippen LogP contribution >= 0.6 is 23.2 Å². The van der Waals surface area contributed by atoms with Gasteiger partial charge in [0.05, 0.1) is 17.1 Å². The number of benzene rings is 2. The van der Waals surface area contributed by atoms with Crippen LogP contribution < -0.4 is 16.0 Å². The van der Waals surface area contributed by atoms with Gasteiger partial charge in [-0.3, -0.25) is 4.79 Å². The zero-order valence-electron chi connectivity index (χ0n) is 19.3. The number of aromatic nitrogens is 2. The zero-order chi connectivity index (χ0) is 25.5. The van der Waals surface area contributed by atoms with Crippen LogP contribution in [0.3, 0.4) is 0 Å². The van der Waals surface area contributed by atoms with Crippen LogP contribution in [0.15, 0.2) is 42.5 Å². The number of imidazole rings is 1. The number of anilines is 1. The molecule has 2 atom stereocenters. The minimum atomic E-state index is -1.21. The summed E-state index contributed by atoms with van der Waals surface area (Å²) >= 11 is 11.8. The average molecular weight is 524 g/mol. The molecule has 0 spiro atoms. The number of hydrogen-bond acceptors (Lipinski definition) is 5. The maximum absolute atomic E-state index is 13.1. The van der Waals surface area contributed by atoms with E-state index >= 15 is 0 Å². The lowest BCUT2D eigenvalue weighted by molar-refractivity contribution is -0.142. The summed E-state index contributed by atoms with van der Waals surface area (Å²) in [7, 11) is 1.83. The molecule has 0 aliphatic carbocycles. The summed E-state index contributed by atoms with van der Waals surface area (Å²) in [6, 6.07) is 9.07. The molecule has 35 heavy (non-hydrogen) atoms. The number of rotatable bonds is 12. The maximum atomic E-state index is 13.1. The van der Waals surface area contributed by atoms with Crippen molar-refractivity contribution in [3.05, 3.63) is 59.7 Å². The molecule has 0 radical (unpaired) electrons. The number of amides is 1. The number of carboxylic acid groups (broad SMARTS) is 1. The summed E-state index contributed by atoms with van der Waals surface area (Å²) in [6.07, 6.45) is 0.118. The summed E-state index contributed by atoms with van der Waals surface area (Å²) in [6.45, 7) is 1.29. The van der Waals surface area contributed by atoms with Crippen LogP contribution in [0.4, 0.5) is 10.1 Å². The number of carboxylic acids is 1. The number of carbonyl (C=O) groups excluding carboxylic acids is 1. The molecule has 188 valence electrons. The molecule has 11 heteroatoms. The molecule has 1 amide bonds. The number of aliphatic carboxylic acids is 1. The molecule has 0 unspecified atom stereocenters. The van der Waals surface area contributed by atoms with Gasteiger partial charge in [-0.05, 0) is 35.9 Å². The minimum Gasteiger partial charge on any atom is -0.480 e. The van der Waals surface area contributed by atoms with Crippen molar-refractivity contribution in [1.82, 2.24) is 14.9 Å².